The number of amides is 1. The maximum absolute atomic E-state index is 8.74. The summed E-state index contributed by atoms with van der Waals surface area (Å²) in [5.74, 6) is 2.38. The van der Waals surface area contributed by atoms with Crippen LogP contribution in [0.5, 0.6) is 17.2 Å². The second kappa shape index (κ2) is 8.57. The van der Waals surface area contributed by atoms with Crippen molar-refractivity contribution in [2.75, 3.05) is 13.2 Å². The van der Waals surface area contributed by atoms with Crippen LogP contribution in [0.1, 0.15) is 5.56 Å². The lowest BCUT2D eigenvalue weighted by Crippen LogP contribution is -2.18. The highest BCUT2D eigenvalue weighted by atomic mass is 16.5. The van der Waals surface area contributed by atoms with Gasteiger partial charge in [0.25, 0.3) is 0 Å². The SMILES string of the molecule is NC=O.ONCC1=Cc2cc(Oc3ccccc3)ccc2OC1. The largest absolute Gasteiger partial charge is 0.489 e. The molecule has 2 aromatic rings. The van der Waals surface area contributed by atoms with E-state index in [2.05, 4.69) is 11.2 Å². The number of carbonyl (C=O) groups excluding carboxylic acids is 1. The molecular weight excluding hydrogens is 296 g/mol. The molecule has 0 aliphatic carbocycles. The lowest BCUT2D eigenvalue weighted by atomic mass is 10.1. The van der Waals surface area contributed by atoms with Crippen LogP contribution in [0.2, 0.25) is 0 Å². The average Bonchev–Trinajstić information content (AvgIpc) is 2.56. The van der Waals surface area contributed by atoms with E-state index in [1.807, 2.05) is 54.6 Å². The van der Waals surface area contributed by atoms with Gasteiger partial charge >= 0.3 is 0 Å². The van der Waals surface area contributed by atoms with E-state index in [4.69, 9.17) is 19.5 Å². The predicted octanol–water partition coefficient (Wildman–Crippen LogP) is 2.33. The van der Waals surface area contributed by atoms with Crippen molar-refractivity contribution in [3.8, 4) is 17.2 Å². The first-order valence-corrected chi connectivity index (χ1v) is 6.98. The third kappa shape index (κ3) is 4.84. The van der Waals surface area contributed by atoms with Crippen LogP contribution in [-0.2, 0) is 4.79 Å². The Hall–Kier alpha value is -2.83. The number of hydroxylamine groups is 1. The molecule has 0 fully saturated rings. The van der Waals surface area contributed by atoms with Crippen LogP contribution >= 0.6 is 0 Å². The fraction of sp³-hybridized carbons (Fsp3) is 0.118. The molecule has 23 heavy (non-hydrogen) atoms. The third-order valence-corrected chi connectivity index (χ3v) is 3.04. The summed E-state index contributed by atoms with van der Waals surface area (Å²) < 4.78 is 11.4. The summed E-state index contributed by atoms with van der Waals surface area (Å²) >= 11 is 0. The molecule has 2 aromatic carbocycles. The second-order valence-corrected chi connectivity index (χ2v) is 4.68. The minimum atomic E-state index is 0.250. The summed E-state index contributed by atoms with van der Waals surface area (Å²) in [5.41, 5.74) is 8.25. The number of hydrogen-bond acceptors (Lipinski definition) is 5. The molecule has 4 N–H and O–H groups in total. The van der Waals surface area contributed by atoms with E-state index in [-0.39, 0.29) is 6.41 Å². The fourth-order valence-corrected chi connectivity index (χ4v) is 2.09. The molecule has 0 saturated carbocycles. The lowest BCUT2D eigenvalue weighted by Gasteiger charge is -2.18. The van der Waals surface area contributed by atoms with Crippen LogP contribution in [0.15, 0.2) is 54.1 Å². The summed E-state index contributed by atoms with van der Waals surface area (Å²) in [4.78, 5) is 8.58. The van der Waals surface area contributed by atoms with E-state index in [0.717, 1.165) is 28.4 Å². The van der Waals surface area contributed by atoms with Gasteiger partial charge in [-0.2, -0.15) is 0 Å². The summed E-state index contributed by atoms with van der Waals surface area (Å²) in [6.45, 7) is 0.878. The Bertz CT molecular complexity index is 672. The van der Waals surface area contributed by atoms with Gasteiger partial charge in [0.05, 0.1) is 0 Å². The van der Waals surface area contributed by atoms with Gasteiger partial charge in [-0.1, -0.05) is 18.2 Å². The molecule has 0 saturated heterocycles. The summed E-state index contributed by atoms with van der Waals surface area (Å²) in [6.07, 6.45) is 2.25. The number of ether oxygens (including phenoxy) is 2. The Kier molecular flexibility index (Phi) is 6.17. The van der Waals surface area contributed by atoms with E-state index in [9.17, 15) is 0 Å². The van der Waals surface area contributed by atoms with Gasteiger partial charge in [0.2, 0.25) is 6.41 Å². The molecule has 0 unspecified atom stereocenters. The number of nitrogens with one attached hydrogen (secondary N) is 1. The lowest BCUT2D eigenvalue weighted by molar-refractivity contribution is -0.106. The highest BCUT2D eigenvalue weighted by Gasteiger charge is 2.12. The van der Waals surface area contributed by atoms with Crippen LogP contribution in [0, 0.1) is 0 Å². The Labute approximate surface area is 134 Å². The number of hydrogen-bond donors (Lipinski definition) is 3. The van der Waals surface area contributed by atoms with Gasteiger partial charge in [0.15, 0.2) is 0 Å². The van der Waals surface area contributed by atoms with Gasteiger partial charge in [-0.15, -0.1) is 0 Å². The molecule has 3 rings (SSSR count). The molecule has 1 aliphatic rings. The highest BCUT2D eigenvalue weighted by molar-refractivity contribution is 5.64. The van der Waals surface area contributed by atoms with Crippen molar-refractivity contribution in [3.63, 3.8) is 0 Å². The Morgan fingerprint density at radius 2 is 1.96 bits per heavy atom. The van der Waals surface area contributed by atoms with Gasteiger partial charge in [0.1, 0.15) is 23.9 Å². The fourth-order valence-electron chi connectivity index (χ4n) is 2.09. The molecule has 0 radical (unpaired) electrons. The first-order chi connectivity index (χ1) is 11.3. The van der Waals surface area contributed by atoms with E-state index in [1.54, 1.807) is 0 Å². The van der Waals surface area contributed by atoms with Crippen LogP contribution in [0.3, 0.4) is 0 Å². The Balaban J connectivity index is 0.000000595. The van der Waals surface area contributed by atoms with Gasteiger partial charge in [-0.05, 0) is 42.0 Å². The molecule has 1 heterocycles. The predicted molar refractivity (Wildman–Crippen MR) is 86.5 cm³/mol. The molecule has 0 atom stereocenters. The smallest absolute Gasteiger partial charge is 0.204 e. The van der Waals surface area contributed by atoms with Crippen molar-refractivity contribution in [2.45, 2.75) is 0 Å². The van der Waals surface area contributed by atoms with Crippen molar-refractivity contribution in [1.82, 2.24) is 5.48 Å². The van der Waals surface area contributed by atoms with Crippen LogP contribution < -0.4 is 20.7 Å². The van der Waals surface area contributed by atoms with Crippen molar-refractivity contribution >= 4 is 12.5 Å². The monoisotopic (exact) mass is 314 g/mol. The topological polar surface area (TPSA) is 93.8 Å². The first-order valence-electron chi connectivity index (χ1n) is 6.98. The molecule has 0 aromatic heterocycles. The molecule has 6 heteroatoms. The molecule has 1 amide bonds. The number of rotatable bonds is 4. The molecule has 0 spiro atoms. The Morgan fingerprint density at radius 3 is 2.65 bits per heavy atom. The maximum atomic E-state index is 8.74. The maximum Gasteiger partial charge on any atom is 0.204 e. The van der Waals surface area contributed by atoms with Gasteiger partial charge < -0.3 is 20.4 Å². The number of benzene rings is 2. The second-order valence-electron chi connectivity index (χ2n) is 4.68. The normalized spacial score (nSPS) is 12.0. The molecule has 0 bridgehead atoms. The number of nitrogens with two attached hydrogens (primary N) is 1. The Morgan fingerprint density at radius 1 is 1.22 bits per heavy atom. The van der Waals surface area contributed by atoms with Crippen LogP contribution in [0.25, 0.3) is 6.08 Å². The van der Waals surface area contributed by atoms with Crippen LogP contribution in [-0.4, -0.2) is 24.8 Å². The quantitative estimate of drug-likeness (QED) is 0.595. The van der Waals surface area contributed by atoms with Crippen molar-refractivity contribution in [2.24, 2.45) is 5.73 Å². The highest BCUT2D eigenvalue weighted by Crippen LogP contribution is 2.31. The average molecular weight is 314 g/mol. The first kappa shape index (κ1) is 16.5. The van der Waals surface area contributed by atoms with Crippen molar-refractivity contribution in [1.29, 1.82) is 0 Å². The number of primary amides is 1. The van der Waals surface area contributed by atoms with Crippen molar-refractivity contribution in [3.05, 3.63) is 59.7 Å². The van der Waals surface area contributed by atoms with Crippen molar-refractivity contribution < 1.29 is 19.5 Å². The summed E-state index contributed by atoms with van der Waals surface area (Å²) in [7, 11) is 0. The van der Waals surface area contributed by atoms with E-state index in [0.29, 0.717) is 13.2 Å². The van der Waals surface area contributed by atoms with E-state index >= 15 is 0 Å². The zero-order valence-corrected chi connectivity index (χ0v) is 12.4. The van der Waals surface area contributed by atoms with Gasteiger partial charge in [-0.3, -0.25) is 4.79 Å². The van der Waals surface area contributed by atoms with E-state index < -0.39 is 0 Å². The zero-order valence-electron chi connectivity index (χ0n) is 12.4. The molecule has 6 nitrogen and oxygen atoms in total. The molecule has 120 valence electrons. The summed E-state index contributed by atoms with van der Waals surface area (Å²) in [6, 6.07) is 15.3. The molecular formula is C17H18N2O4. The van der Waals surface area contributed by atoms with Gasteiger partial charge in [0, 0.05) is 12.1 Å². The minimum absolute atomic E-state index is 0.250. The third-order valence-electron chi connectivity index (χ3n) is 3.04. The number of fused-ring (bicyclic) bond motifs is 1. The van der Waals surface area contributed by atoms with E-state index in [1.165, 1.54) is 0 Å². The van der Waals surface area contributed by atoms with Crippen LogP contribution in [0.4, 0.5) is 0 Å². The zero-order chi connectivity index (χ0) is 16.5. The molecule has 1 aliphatic heterocycles. The summed E-state index contributed by atoms with van der Waals surface area (Å²) in [5, 5.41) is 8.74. The minimum Gasteiger partial charge on any atom is -0.489 e. The van der Waals surface area contributed by atoms with Gasteiger partial charge in [-0.25, -0.2) is 5.48 Å². The standard InChI is InChI=1S/C16H15NO3.CH3NO/c18-17-10-12-8-13-9-15(6-7-16(13)19-11-12)20-14-4-2-1-3-5-14;2-1-3/h1-9,17-18H,10-11H2;1H,(H2,2,3). The number of para-hydroxylation sites is 1. The number of carbonyl (C=O) groups is 1.